The number of carbonyl (C=O) groups excluding carboxylic acids is 1. The lowest BCUT2D eigenvalue weighted by Gasteiger charge is -2.25. The fraction of sp³-hybridized carbons (Fsp3) is 0.667. The number of hydrogen-bond donors (Lipinski definition) is 4. The van der Waals surface area contributed by atoms with Crippen molar-refractivity contribution >= 4 is 18.2 Å². The first kappa shape index (κ1) is 16.4. The summed E-state index contributed by atoms with van der Waals surface area (Å²) in [5.74, 6) is -2.70. The van der Waals surface area contributed by atoms with Gasteiger partial charge in [0.2, 0.25) is 0 Å². The van der Waals surface area contributed by atoms with Crippen molar-refractivity contribution in [3.05, 3.63) is 0 Å². The van der Waals surface area contributed by atoms with Crippen LogP contribution in [0.15, 0.2) is 0 Å². The Morgan fingerprint density at radius 2 is 1.61 bits per heavy atom. The van der Waals surface area contributed by atoms with Gasteiger partial charge in [0.15, 0.2) is 6.29 Å². The van der Waals surface area contributed by atoms with Gasteiger partial charge in [-0.2, -0.15) is 0 Å². The van der Waals surface area contributed by atoms with E-state index in [1.807, 2.05) is 0 Å². The Bertz CT molecular complexity index is 290. The van der Waals surface area contributed by atoms with Crippen molar-refractivity contribution in [2.24, 2.45) is 0 Å². The van der Waals surface area contributed by atoms with Gasteiger partial charge >= 0.3 is 11.9 Å². The Morgan fingerprint density at radius 3 is 2.00 bits per heavy atom. The Morgan fingerprint density at radius 1 is 1.11 bits per heavy atom. The number of aliphatic hydroxyl groups is 2. The molecule has 0 saturated carbocycles. The standard InChI is InChI=1S/C9H14O9/c10-1-5(12)9(18-4-8(15)16)6(2-11)17-3-7(13)14/h2,5-6,9-10,12H,1,3-4H2,(H,13,14)(H,15,16)/t5-,6+,9+/m1/s1. The smallest absolute Gasteiger partial charge is 0.329 e. The Balaban J connectivity index is 4.60. The summed E-state index contributed by atoms with van der Waals surface area (Å²) in [7, 11) is 0. The average Bonchev–Trinajstić information content (AvgIpc) is 2.31. The number of hydrogen-bond acceptors (Lipinski definition) is 7. The molecule has 0 aromatic heterocycles. The number of carboxylic acids is 2. The van der Waals surface area contributed by atoms with Crippen molar-refractivity contribution in [2.75, 3.05) is 19.8 Å². The molecule has 0 bridgehead atoms. The third-order valence-corrected chi connectivity index (χ3v) is 1.82. The summed E-state index contributed by atoms with van der Waals surface area (Å²) in [6.07, 6.45) is -4.38. The van der Waals surface area contributed by atoms with Crippen molar-refractivity contribution < 1.29 is 44.3 Å². The van der Waals surface area contributed by atoms with Crippen molar-refractivity contribution in [2.45, 2.75) is 18.3 Å². The number of rotatable bonds is 10. The van der Waals surface area contributed by atoms with Gasteiger partial charge in [0.1, 0.15) is 31.5 Å². The first-order chi connectivity index (χ1) is 8.42. The molecule has 0 unspecified atom stereocenters. The molecular weight excluding hydrogens is 252 g/mol. The van der Waals surface area contributed by atoms with Crippen molar-refractivity contribution in [1.82, 2.24) is 0 Å². The molecule has 0 fully saturated rings. The molecule has 104 valence electrons. The molecule has 18 heavy (non-hydrogen) atoms. The molecule has 0 saturated heterocycles. The monoisotopic (exact) mass is 266 g/mol. The highest BCUT2D eigenvalue weighted by molar-refractivity contribution is 5.69. The summed E-state index contributed by atoms with van der Waals surface area (Å²) in [6.45, 7) is -2.46. The molecule has 9 heteroatoms. The molecule has 0 amide bonds. The first-order valence-corrected chi connectivity index (χ1v) is 4.83. The second-order valence-electron chi connectivity index (χ2n) is 3.22. The van der Waals surface area contributed by atoms with E-state index in [-0.39, 0.29) is 6.29 Å². The van der Waals surface area contributed by atoms with Crippen LogP contribution < -0.4 is 0 Å². The van der Waals surface area contributed by atoms with E-state index in [0.717, 1.165) is 0 Å². The van der Waals surface area contributed by atoms with Gasteiger partial charge in [0.05, 0.1) is 6.61 Å². The van der Waals surface area contributed by atoms with Gasteiger partial charge in [0, 0.05) is 0 Å². The summed E-state index contributed by atoms with van der Waals surface area (Å²) in [5, 5.41) is 34.8. The Hall–Kier alpha value is -1.55. The van der Waals surface area contributed by atoms with E-state index in [4.69, 9.17) is 15.3 Å². The predicted molar refractivity (Wildman–Crippen MR) is 53.9 cm³/mol. The van der Waals surface area contributed by atoms with E-state index in [1.165, 1.54) is 0 Å². The van der Waals surface area contributed by atoms with Crippen LogP contribution in [-0.4, -0.2) is 76.8 Å². The van der Waals surface area contributed by atoms with Crippen LogP contribution in [-0.2, 0) is 23.9 Å². The molecule has 0 aliphatic rings. The molecule has 0 heterocycles. The van der Waals surface area contributed by atoms with Gasteiger partial charge in [-0.25, -0.2) is 9.59 Å². The maximum absolute atomic E-state index is 10.7. The Labute approximate surface area is 102 Å². The summed E-state index contributed by atoms with van der Waals surface area (Å²) in [5.41, 5.74) is 0. The van der Waals surface area contributed by atoms with Crippen molar-refractivity contribution in [3.63, 3.8) is 0 Å². The summed E-state index contributed by atoms with van der Waals surface area (Å²) >= 11 is 0. The van der Waals surface area contributed by atoms with Crippen LogP contribution in [0.3, 0.4) is 0 Å². The van der Waals surface area contributed by atoms with Gasteiger partial charge in [-0.1, -0.05) is 0 Å². The van der Waals surface area contributed by atoms with Crippen LogP contribution in [0, 0.1) is 0 Å². The molecule has 3 atom stereocenters. The van der Waals surface area contributed by atoms with Crippen LogP contribution in [0.1, 0.15) is 0 Å². The van der Waals surface area contributed by atoms with Crippen LogP contribution in [0.2, 0.25) is 0 Å². The summed E-state index contributed by atoms with van der Waals surface area (Å²) in [6, 6.07) is 0. The van der Waals surface area contributed by atoms with Gasteiger partial charge < -0.3 is 34.7 Å². The van der Waals surface area contributed by atoms with Crippen LogP contribution in [0.25, 0.3) is 0 Å². The fourth-order valence-electron chi connectivity index (χ4n) is 1.08. The summed E-state index contributed by atoms with van der Waals surface area (Å²) < 4.78 is 9.30. The maximum atomic E-state index is 10.7. The Kier molecular flexibility index (Phi) is 7.79. The third kappa shape index (κ3) is 6.25. The van der Waals surface area contributed by atoms with Gasteiger partial charge in [-0.05, 0) is 0 Å². The number of aliphatic carboxylic acids is 2. The highest BCUT2D eigenvalue weighted by Gasteiger charge is 2.30. The highest BCUT2D eigenvalue weighted by Crippen LogP contribution is 2.08. The second-order valence-corrected chi connectivity index (χ2v) is 3.22. The molecular formula is C9H14O9. The fourth-order valence-corrected chi connectivity index (χ4v) is 1.08. The number of aliphatic hydroxyl groups excluding tert-OH is 2. The predicted octanol–water partition coefficient (Wildman–Crippen LogP) is -2.52. The molecule has 9 nitrogen and oxygen atoms in total. The molecule has 0 radical (unpaired) electrons. The number of aldehydes is 1. The maximum Gasteiger partial charge on any atom is 0.329 e. The SMILES string of the molecule is O=C[C@H](OCC(=O)O)[C@@H](OCC(=O)O)[C@H](O)CO. The first-order valence-electron chi connectivity index (χ1n) is 4.83. The van der Waals surface area contributed by atoms with Gasteiger partial charge in [-0.15, -0.1) is 0 Å². The number of carbonyl (C=O) groups is 3. The van der Waals surface area contributed by atoms with E-state index >= 15 is 0 Å². The van der Waals surface area contributed by atoms with Crippen LogP contribution >= 0.6 is 0 Å². The minimum Gasteiger partial charge on any atom is -0.480 e. The molecule has 0 aromatic rings. The minimum absolute atomic E-state index is 0.161. The highest BCUT2D eigenvalue weighted by atomic mass is 16.6. The quantitative estimate of drug-likeness (QED) is 0.314. The third-order valence-electron chi connectivity index (χ3n) is 1.82. The molecule has 0 rings (SSSR count). The minimum atomic E-state index is -1.58. The zero-order valence-corrected chi connectivity index (χ0v) is 9.26. The summed E-state index contributed by atoms with van der Waals surface area (Å²) in [4.78, 5) is 31.2. The zero-order valence-electron chi connectivity index (χ0n) is 9.26. The van der Waals surface area contributed by atoms with Gasteiger partial charge in [-0.3, -0.25) is 0 Å². The van der Waals surface area contributed by atoms with Gasteiger partial charge in [0.25, 0.3) is 0 Å². The zero-order chi connectivity index (χ0) is 14.1. The van der Waals surface area contributed by atoms with Crippen molar-refractivity contribution in [1.29, 1.82) is 0 Å². The van der Waals surface area contributed by atoms with E-state index in [0.29, 0.717) is 0 Å². The molecule has 4 N–H and O–H groups in total. The van der Waals surface area contributed by atoms with E-state index in [1.54, 1.807) is 0 Å². The van der Waals surface area contributed by atoms with E-state index < -0.39 is 50.1 Å². The lowest BCUT2D eigenvalue weighted by Crippen LogP contribution is -2.45. The number of carboxylic acid groups (broad SMARTS) is 2. The molecule has 0 aliphatic carbocycles. The van der Waals surface area contributed by atoms with E-state index in [2.05, 4.69) is 9.47 Å². The topological polar surface area (TPSA) is 151 Å². The lowest BCUT2D eigenvalue weighted by molar-refractivity contribution is -0.168. The molecule has 0 aromatic carbocycles. The number of ether oxygens (including phenoxy) is 2. The van der Waals surface area contributed by atoms with Crippen LogP contribution in [0.5, 0.6) is 0 Å². The normalized spacial score (nSPS) is 15.7. The lowest BCUT2D eigenvalue weighted by atomic mass is 10.1. The molecule has 0 spiro atoms. The van der Waals surface area contributed by atoms with Crippen molar-refractivity contribution in [3.8, 4) is 0 Å². The van der Waals surface area contributed by atoms with E-state index in [9.17, 15) is 19.5 Å². The molecule has 0 aliphatic heterocycles. The largest absolute Gasteiger partial charge is 0.480 e. The average molecular weight is 266 g/mol. The second kappa shape index (κ2) is 8.53. The van der Waals surface area contributed by atoms with Crippen LogP contribution in [0.4, 0.5) is 0 Å².